The minimum Gasteiger partial charge on any atom is -0.493 e. The predicted molar refractivity (Wildman–Crippen MR) is 127 cm³/mol. The molecule has 1 aliphatic heterocycles. The second kappa shape index (κ2) is 10.2. The molecule has 2 aromatic heterocycles. The summed E-state index contributed by atoms with van der Waals surface area (Å²) >= 11 is 1.64. The van der Waals surface area contributed by atoms with Crippen LogP contribution < -0.4 is 14.9 Å². The molecule has 4 rings (SSSR count). The molecule has 0 bridgehead atoms. The number of nitrogens with zero attached hydrogens (tertiary/aromatic N) is 1. The lowest BCUT2D eigenvalue weighted by Gasteiger charge is -2.31. The molecule has 0 saturated heterocycles. The van der Waals surface area contributed by atoms with Gasteiger partial charge in [-0.25, -0.2) is 4.79 Å². The van der Waals surface area contributed by atoms with Gasteiger partial charge in [0.25, 0.3) is 0 Å². The summed E-state index contributed by atoms with van der Waals surface area (Å²) in [7, 11) is 3.26. The highest BCUT2D eigenvalue weighted by Crippen LogP contribution is 2.43. The van der Waals surface area contributed by atoms with Crippen molar-refractivity contribution in [2.75, 3.05) is 34.0 Å². The van der Waals surface area contributed by atoms with Crippen molar-refractivity contribution in [3.63, 3.8) is 0 Å². The number of benzene rings is 1. The number of carbonyl (C=O) groups is 1. The van der Waals surface area contributed by atoms with Gasteiger partial charge in [-0.05, 0) is 42.5 Å². The standard InChI is InChI=1S/C25H27NO6S/c1-4-31-25(28)18-15-26-19(14-21(18)27)17-13-22(30-3)23(32-9-6-8-29-2)12-16(17)11-20(26)24-7-5-10-33-24/h5,7,10,12-15,20H,4,6,8-9,11H2,1-3H3. The molecular formula is C25H27NO6S. The van der Waals surface area contributed by atoms with Crippen LogP contribution in [0.2, 0.25) is 0 Å². The number of hydrogen-bond donors (Lipinski definition) is 0. The SMILES string of the molecule is CCOC(=O)c1cn2c(cc1=O)-c1cc(OC)c(OCCCOC)cc1CC2c1cccs1. The van der Waals surface area contributed by atoms with E-state index in [1.807, 2.05) is 28.1 Å². The fourth-order valence-corrected chi connectivity index (χ4v) is 4.90. The van der Waals surface area contributed by atoms with E-state index in [1.54, 1.807) is 38.7 Å². The van der Waals surface area contributed by atoms with E-state index in [0.717, 1.165) is 28.1 Å². The maximum Gasteiger partial charge on any atom is 0.343 e. The van der Waals surface area contributed by atoms with Gasteiger partial charge in [0.15, 0.2) is 16.9 Å². The first kappa shape index (κ1) is 23.1. The molecule has 0 N–H and O–H groups in total. The predicted octanol–water partition coefficient (Wildman–Crippen LogP) is 4.32. The number of aromatic nitrogens is 1. The van der Waals surface area contributed by atoms with Crippen LogP contribution >= 0.6 is 11.3 Å². The smallest absolute Gasteiger partial charge is 0.343 e. The van der Waals surface area contributed by atoms with Gasteiger partial charge in [-0.2, -0.15) is 0 Å². The van der Waals surface area contributed by atoms with Crippen LogP contribution in [0.3, 0.4) is 0 Å². The highest BCUT2D eigenvalue weighted by Gasteiger charge is 2.29. The molecule has 0 aliphatic carbocycles. The third-order valence-corrected chi connectivity index (χ3v) is 6.58. The van der Waals surface area contributed by atoms with Crippen molar-refractivity contribution in [1.82, 2.24) is 4.57 Å². The van der Waals surface area contributed by atoms with Crippen LogP contribution in [-0.2, 0) is 15.9 Å². The molecule has 33 heavy (non-hydrogen) atoms. The number of ether oxygens (including phenoxy) is 4. The second-order valence-electron chi connectivity index (χ2n) is 7.65. The molecule has 0 saturated carbocycles. The number of carbonyl (C=O) groups excluding carboxylic acids is 1. The first-order valence-corrected chi connectivity index (χ1v) is 11.7. The molecule has 174 valence electrons. The van der Waals surface area contributed by atoms with E-state index >= 15 is 0 Å². The van der Waals surface area contributed by atoms with Gasteiger partial charge in [0.1, 0.15) is 5.56 Å². The minimum atomic E-state index is -0.606. The number of esters is 1. The van der Waals surface area contributed by atoms with Crippen LogP contribution in [-0.4, -0.2) is 44.6 Å². The molecule has 1 atom stereocenters. The van der Waals surface area contributed by atoms with Gasteiger partial charge < -0.3 is 23.5 Å². The van der Waals surface area contributed by atoms with Gasteiger partial charge in [-0.15, -0.1) is 11.3 Å². The Morgan fingerprint density at radius 1 is 1.18 bits per heavy atom. The van der Waals surface area contributed by atoms with E-state index in [2.05, 4.69) is 6.07 Å². The van der Waals surface area contributed by atoms with Crippen molar-refractivity contribution in [2.24, 2.45) is 0 Å². The summed E-state index contributed by atoms with van der Waals surface area (Å²) in [5.41, 5.74) is 2.35. The first-order valence-electron chi connectivity index (χ1n) is 10.9. The van der Waals surface area contributed by atoms with Gasteiger partial charge in [-0.1, -0.05) is 6.07 Å². The number of thiophene rings is 1. The lowest BCUT2D eigenvalue weighted by atomic mass is 9.91. The Kier molecular flexibility index (Phi) is 7.15. The van der Waals surface area contributed by atoms with Crippen LogP contribution in [0.15, 0.2) is 46.7 Å². The van der Waals surface area contributed by atoms with Crippen molar-refractivity contribution in [2.45, 2.75) is 25.8 Å². The maximum absolute atomic E-state index is 12.9. The molecule has 0 spiro atoms. The second-order valence-corrected chi connectivity index (χ2v) is 8.63. The highest BCUT2D eigenvalue weighted by molar-refractivity contribution is 7.10. The maximum atomic E-state index is 12.9. The summed E-state index contributed by atoms with van der Waals surface area (Å²) < 4.78 is 23.8. The lowest BCUT2D eigenvalue weighted by molar-refractivity contribution is 0.0523. The van der Waals surface area contributed by atoms with Crippen LogP contribution in [0.1, 0.15) is 40.2 Å². The van der Waals surface area contributed by atoms with Crippen molar-refractivity contribution in [1.29, 1.82) is 0 Å². The fraction of sp³-hybridized carbons (Fsp3) is 0.360. The monoisotopic (exact) mass is 469 g/mol. The van der Waals surface area contributed by atoms with Crippen molar-refractivity contribution in [3.05, 3.63) is 68.1 Å². The molecule has 1 aromatic carbocycles. The van der Waals surface area contributed by atoms with E-state index in [-0.39, 0.29) is 23.6 Å². The molecule has 0 amide bonds. The Balaban J connectivity index is 1.82. The lowest BCUT2D eigenvalue weighted by Crippen LogP contribution is -2.26. The van der Waals surface area contributed by atoms with Crippen molar-refractivity contribution in [3.8, 4) is 22.8 Å². The van der Waals surface area contributed by atoms with Crippen molar-refractivity contribution < 1.29 is 23.7 Å². The number of hydrogen-bond acceptors (Lipinski definition) is 7. The van der Waals surface area contributed by atoms with Crippen LogP contribution in [0.25, 0.3) is 11.3 Å². The van der Waals surface area contributed by atoms with Crippen LogP contribution in [0.4, 0.5) is 0 Å². The zero-order valence-electron chi connectivity index (χ0n) is 19.0. The third kappa shape index (κ3) is 4.67. The van der Waals surface area contributed by atoms with Gasteiger partial charge in [0.2, 0.25) is 0 Å². The Bertz CT molecular complexity index is 1180. The van der Waals surface area contributed by atoms with Gasteiger partial charge in [-0.3, -0.25) is 4.79 Å². The van der Waals surface area contributed by atoms with E-state index in [0.29, 0.717) is 31.1 Å². The molecule has 8 heteroatoms. The number of methoxy groups -OCH3 is 2. The summed E-state index contributed by atoms with van der Waals surface area (Å²) in [4.78, 5) is 26.4. The molecule has 3 heterocycles. The summed E-state index contributed by atoms with van der Waals surface area (Å²) in [6.07, 6.45) is 3.08. The molecule has 7 nitrogen and oxygen atoms in total. The van der Waals surface area contributed by atoms with Gasteiger partial charge in [0, 0.05) is 42.8 Å². The molecule has 3 aromatic rings. The van der Waals surface area contributed by atoms with E-state index in [1.165, 1.54) is 6.07 Å². The summed E-state index contributed by atoms with van der Waals surface area (Å²) in [6, 6.07) is 9.43. The zero-order valence-corrected chi connectivity index (χ0v) is 19.8. The van der Waals surface area contributed by atoms with Crippen molar-refractivity contribution >= 4 is 17.3 Å². The first-order chi connectivity index (χ1) is 16.1. The number of fused-ring (bicyclic) bond motifs is 3. The Hall–Kier alpha value is -3.10. The van der Waals surface area contributed by atoms with E-state index in [9.17, 15) is 9.59 Å². The third-order valence-electron chi connectivity index (χ3n) is 5.61. The van der Waals surface area contributed by atoms with E-state index in [4.69, 9.17) is 18.9 Å². The highest BCUT2D eigenvalue weighted by atomic mass is 32.1. The Labute approximate surface area is 196 Å². The minimum absolute atomic E-state index is 0.0377. The molecule has 0 fully saturated rings. The number of pyridine rings is 1. The van der Waals surface area contributed by atoms with Crippen LogP contribution in [0, 0.1) is 0 Å². The number of rotatable bonds is 9. The Morgan fingerprint density at radius 2 is 2.03 bits per heavy atom. The largest absolute Gasteiger partial charge is 0.493 e. The summed E-state index contributed by atoms with van der Waals surface area (Å²) in [6.45, 7) is 3.06. The normalized spacial score (nSPS) is 14.3. The van der Waals surface area contributed by atoms with Crippen LogP contribution in [0.5, 0.6) is 11.5 Å². The van der Waals surface area contributed by atoms with E-state index < -0.39 is 5.97 Å². The quantitative estimate of drug-likeness (QED) is 0.343. The molecule has 1 aliphatic rings. The average molecular weight is 470 g/mol. The fourth-order valence-electron chi connectivity index (χ4n) is 4.08. The zero-order chi connectivity index (χ0) is 23.4. The van der Waals surface area contributed by atoms with Gasteiger partial charge >= 0.3 is 5.97 Å². The molecular weight excluding hydrogens is 442 g/mol. The topological polar surface area (TPSA) is 76.0 Å². The molecule has 0 radical (unpaired) electrons. The molecule has 1 unspecified atom stereocenters. The summed E-state index contributed by atoms with van der Waals surface area (Å²) in [5.74, 6) is 0.649. The average Bonchev–Trinajstić information content (AvgIpc) is 3.35. The summed E-state index contributed by atoms with van der Waals surface area (Å²) in [5, 5.41) is 2.03. The van der Waals surface area contributed by atoms with Gasteiger partial charge in [0.05, 0.1) is 32.1 Å². The Morgan fingerprint density at radius 3 is 2.73 bits per heavy atom.